The van der Waals surface area contributed by atoms with Gasteiger partial charge in [0.25, 0.3) is 5.56 Å². The summed E-state index contributed by atoms with van der Waals surface area (Å²) in [6.07, 6.45) is 7.13. The molecule has 204 valence electrons. The number of halogens is 1. The van der Waals surface area contributed by atoms with E-state index in [-0.39, 0.29) is 53.1 Å². The lowest BCUT2D eigenvalue weighted by Crippen LogP contribution is -2.44. The van der Waals surface area contributed by atoms with Crippen molar-refractivity contribution in [2.75, 3.05) is 13.1 Å². The highest BCUT2D eigenvalue weighted by Crippen LogP contribution is 2.40. The van der Waals surface area contributed by atoms with Gasteiger partial charge in [0.15, 0.2) is 11.0 Å². The number of rotatable bonds is 3. The van der Waals surface area contributed by atoms with E-state index in [0.29, 0.717) is 22.8 Å². The van der Waals surface area contributed by atoms with Gasteiger partial charge in [-0.2, -0.15) is 0 Å². The van der Waals surface area contributed by atoms with Crippen molar-refractivity contribution in [3.8, 4) is 11.3 Å². The van der Waals surface area contributed by atoms with Crippen molar-refractivity contribution in [1.29, 1.82) is 0 Å². The molecule has 8 nitrogen and oxygen atoms in total. The van der Waals surface area contributed by atoms with Crippen molar-refractivity contribution in [3.63, 3.8) is 0 Å². The molecule has 39 heavy (non-hydrogen) atoms. The first-order chi connectivity index (χ1) is 18.8. The van der Waals surface area contributed by atoms with Crippen LogP contribution in [0.2, 0.25) is 0 Å². The normalized spacial score (nSPS) is 25.0. The number of esters is 1. The van der Waals surface area contributed by atoms with Crippen molar-refractivity contribution in [3.05, 3.63) is 67.5 Å². The number of hydrogen-bond acceptors (Lipinski definition) is 6. The van der Waals surface area contributed by atoms with Crippen LogP contribution in [0.3, 0.4) is 0 Å². The van der Waals surface area contributed by atoms with E-state index in [1.54, 1.807) is 23.6 Å². The Hall–Kier alpha value is -3.30. The van der Waals surface area contributed by atoms with Crippen LogP contribution in [0.25, 0.3) is 22.2 Å². The lowest BCUT2D eigenvalue weighted by molar-refractivity contribution is -0.172. The molecule has 7 rings (SSSR count). The van der Waals surface area contributed by atoms with Gasteiger partial charge in [0.2, 0.25) is 0 Å². The molecular formula is C30H32FN3O5. The van der Waals surface area contributed by atoms with Crippen molar-refractivity contribution >= 4 is 16.9 Å². The Morgan fingerprint density at radius 3 is 2.64 bits per heavy atom. The minimum atomic E-state index is -1.96. The Morgan fingerprint density at radius 2 is 1.87 bits per heavy atom. The molecule has 9 heteroatoms. The molecule has 1 saturated carbocycles. The van der Waals surface area contributed by atoms with Crippen molar-refractivity contribution < 1.29 is 19.0 Å². The first-order valence-electron chi connectivity index (χ1n) is 14.1. The third kappa shape index (κ3) is 3.52. The second-order valence-corrected chi connectivity index (χ2v) is 11.5. The quantitative estimate of drug-likeness (QED) is 0.405. The summed E-state index contributed by atoms with van der Waals surface area (Å²) < 4.78 is 23.3. The third-order valence-corrected chi connectivity index (χ3v) is 9.53. The molecule has 2 atom stereocenters. The molecule has 0 unspecified atom stereocenters. The molecule has 1 N–H and O–H groups in total. The van der Waals surface area contributed by atoms with Crippen LogP contribution in [-0.2, 0) is 28.3 Å². The predicted octanol–water partition coefficient (Wildman–Crippen LogP) is 3.56. The molecule has 0 radical (unpaired) electrons. The largest absolute Gasteiger partial charge is 0.458 e. The van der Waals surface area contributed by atoms with Crippen LogP contribution in [0.1, 0.15) is 74.7 Å². The highest BCUT2D eigenvalue weighted by molar-refractivity contribution is 5.88. The minimum absolute atomic E-state index is 0.0286. The number of nitrogens with zero attached hydrogens (tertiary/aromatic N) is 3. The van der Waals surface area contributed by atoms with Gasteiger partial charge in [-0.05, 0) is 49.9 Å². The molecule has 5 heterocycles. The topological polar surface area (TPSA) is 93.8 Å². The van der Waals surface area contributed by atoms with Crippen molar-refractivity contribution in [2.45, 2.75) is 82.7 Å². The fraction of sp³-hybridized carbons (Fsp3) is 0.500. The third-order valence-electron chi connectivity index (χ3n) is 9.53. The summed E-state index contributed by atoms with van der Waals surface area (Å²) in [5.41, 5.74) is -0.153. The maximum Gasteiger partial charge on any atom is 0.343 e. The van der Waals surface area contributed by atoms with Crippen LogP contribution < -0.4 is 11.0 Å². The van der Waals surface area contributed by atoms with Crippen LogP contribution in [0.5, 0.6) is 0 Å². The lowest BCUT2D eigenvalue weighted by atomic mass is 9.85. The van der Waals surface area contributed by atoms with E-state index in [2.05, 4.69) is 9.47 Å². The Bertz CT molecular complexity index is 1650. The number of likely N-dealkylation sites (tertiary alicyclic amines) is 1. The zero-order valence-corrected chi connectivity index (χ0v) is 22.0. The highest BCUT2D eigenvalue weighted by atomic mass is 19.1. The fourth-order valence-electron chi connectivity index (χ4n) is 7.44. The molecule has 3 aromatic rings. The molecule has 3 aliphatic heterocycles. The number of fused-ring (bicyclic) bond motifs is 5. The molecule has 2 fully saturated rings. The van der Waals surface area contributed by atoms with Gasteiger partial charge < -0.3 is 19.0 Å². The summed E-state index contributed by atoms with van der Waals surface area (Å²) in [6, 6.07) is 6.58. The molecule has 1 saturated heterocycles. The Kier molecular flexibility index (Phi) is 5.61. The Morgan fingerprint density at radius 1 is 1.08 bits per heavy atom. The van der Waals surface area contributed by atoms with Gasteiger partial charge in [0, 0.05) is 36.1 Å². The van der Waals surface area contributed by atoms with E-state index in [1.165, 1.54) is 44.2 Å². The predicted molar refractivity (Wildman–Crippen MR) is 143 cm³/mol. The number of benzene rings is 1. The Balaban J connectivity index is 1.43. The summed E-state index contributed by atoms with van der Waals surface area (Å²) >= 11 is 0. The zero-order valence-electron chi connectivity index (χ0n) is 22.0. The van der Waals surface area contributed by atoms with Gasteiger partial charge in [0.1, 0.15) is 12.4 Å². The van der Waals surface area contributed by atoms with Crippen LogP contribution >= 0.6 is 0 Å². The van der Waals surface area contributed by atoms with Gasteiger partial charge in [-0.1, -0.05) is 26.2 Å². The standard InChI is InChI=1S/C30H32FN3O5/c1-2-30(38)22-13-24-26-25(15-33(24)28(36)21(22)16-39-29(30)37)34(23-9-8-17(31)12-20(23)27(26)35)19-10-11-32(14-19)18-6-4-3-5-7-18/h8-9,12-13,18-19,38H,2-7,10-11,14-16H2,1H3/t19-,30+/m1/s1. The number of pyridine rings is 2. The van der Waals surface area contributed by atoms with Crippen molar-refractivity contribution in [2.24, 2.45) is 0 Å². The molecule has 4 aliphatic rings. The van der Waals surface area contributed by atoms with Crippen molar-refractivity contribution in [1.82, 2.24) is 14.0 Å². The molecule has 0 bridgehead atoms. The highest BCUT2D eigenvalue weighted by Gasteiger charge is 2.46. The number of aliphatic hydroxyl groups is 1. The van der Waals surface area contributed by atoms with Gasteiger partial charge in [0.05, 0.1) is 34.6 Å². The van der Waals surface area contributed by atoms with E-state index in [4.69, 9.17) is 4.74 Å². The smallest absolute Gasteiger partial charge is 0.343 e. The molecule has 0 amide bonds. The van der Waals surface area contributed by atoms with E-state index >= 15 is 0 Å². The molecule has 1 aromatic carbocycles. The van der Waals surface area contributed by atoms with Crippen LogP contribution in [-0.4, -0.2) is 44.2 Å². The summed E-state index contributed by atoms with van der Waals surface area (Å²) in [7, 11) is 0. The molecule has 1 aliphatic carbocycles. The summed E-state index contributed by atoms with van der Waals surface area (Å²) in [4.78, 5) is 42.7. The first-order valence-corrected chi connectivity index (χ1v) is 14.1. The van der Waals surface area contributed by atoms with Gasteiger partial charge in [-0.3, -0.25) is 14.5 Å². The van der Waals surface area contributed by atoms with Crippen LogP contribution in [0.4, 0.5) is 4.39 Å². The van der Waals surface area contributed by atoms with E-state index in [9.17, 15) is 23.9 Å². The number of carbonyl (C=O) groups excluding carboxylic acids is 1. The zero-order chi connectivity index (χ0) is 27.1. The fourth-order valence-corrected chi connectivity index (χ4v) is 7.44. The Labute approximate surface area is 224 Å². The van der Waals surface area contributed by atoms with E-state index in [0.717, 1.165) is 25.2 Å². The maximum absolute atomic E-state index is 14.5. The van der Waals surface area contributed by atoms with E-state index in [1.807, 2.05) is 0 Å². The molecule has 2 aromatic heterocycles. The average molecular weight is 534 g/mol. The van der Waals surface area contributed by atoms with Crippen LogP contribution in [0, 0.1) is 5.82 Å². The second-order valence-electron chi connectivity index (χ2n) is 11.5. The van der Waals surface area contributed by atoms with E-state index < -0.39 is 17.4 Å². The summed E-state index contributed by atoms with van der Waals surface area (Å²) in [6.45, 7) is 3.42. The average Bonchev–Trinajstić information content (AvgIpc) is 3.58. The summed E-state index contributed by atoms with van der Waals surface area (Å²) in [5.74, 6) is -1.29. The van der Waals surface area contributed by atoms with Gasteiger partial charge >= 0.3 is 5.97 Å². The molecular weight excluding hydrogens is 501 g/mol. The number of ether oxygens (including phenoxy) is 1. The van der Waals surface area contributed by atoms with Gasteiger partial charge in [-0.15, -0.1) is 0 Å². The molecule has 0 spiro atoms. The second kappa shape index (κ2) is 8.86. The van der Waals surface area contributed by atoms with Gasteiger partial charge in [-0.25, -0.2) is 9.18 Å². The SMILES string of the molecule is CC[C@@]1(O)C(=O)OCc2c1cc1n(c2=O)Cc2c-1c(=O)c1cc(F)ccc1n2[C@@H]1CCN(C2CCCCC2)C1. The number of carbonyl (C=O) groups is 1. The lowest BCUT2D eigenvalue weighted by Gasteiger charge is -2.31. The minimum Gasteiger partial charge on any atom is -0.458 e. The number of hydrogen-bond donors (Lipinski definition) is 1. The summed E-state index contributed by atoms with van der Waals surface area (Å²) in [5, 5.41) is 11.5. The monoisotopic (exact) mass is 533 g/mol. The van der Waals surface area contributed by atoms with Crippen LogP contribution in [0.15, 0.2) is 33.9 Å². The number of cyclic esters (lactones) is 1. The maximum atomic E-state index is 14.5. The first kappa shape index (κ1) is 24.7. The number of aromatic nitrogens is 2.